The Labute approximate surface area is 118 Å². The lowest BCUT2D eigenvalue weighted by Gasteiger charge is -2.11. The van der Waals surface area contributed by atoms with Crippen molar-refractivity contribution in [2.75, 3.05) is 0 Å². The quantitative estimate of drug-likeness (QED) is 0.915. The highest BCUT2D eigenvalue weighted by molar-refractivity contribution is 9.10. The van der Waals surface area contributed by atoms with Gasteiger partial charge in [0.25, 0.3) is 0 Å². The summed E-state index contributed by atoms with van der Waals surface area (Å²) < 4.78 is 29.1. The Kier molecular flexibility index (Phi) is 2.67. The highest BCUT2D eigenvalue weighted by Crippen LogP contribution is 2.36. The van der Waals surface area contributed by atoms with Gasteiger partial charge < -0.3 is 4.40 Å². The molecule has 1 fully saturated rings. The average molecular weight is 341 g/mol. The zero-order chi connectivity index (χ0) is 13.7. The van der Waals surface area contributed by atoms with Crippen molar-refractivity contribution in [3.05, 3.63) is 29.1 Å². The lowest BCUT2D eigenvalue weighted by Crippen LogP contribution is -2.35. The number of aromatic nitrogens is 2. The van der Waals surface area contributed by atoms with Gasteiger partial charge in [0.05, 0.1) is 15.4 Å². The van der Waals surface area contributed by atoms with E-state index in [2.05, 4.69) is 25.6 Å². The van der Waals surface area contributed by atoms with Crippen molar-refractivity contribution in [2.45, 2.75) is 23.3 Å². The number of hydrogen-bond donors (Lipinski definition) is 1. The van der Waals surface area contributed by atoms with E-state index in [9.17, 15) is 8.42 Å². The second-order valence-electron chi connectivity index (χ2n) is 4.48. The summed E-state index contributed by atoms with van der Waals surface area (Å²) in [5.41, 5.74) is -0.282. The van der Waals surface area contributed by atoms with Crippen molar-refractivity contribution in [3.8, 4) is 6.07 Å². The fourth-order valence-electron chi connectivity index (χ4n) is 1.79. The molecule has 0 spiro atoms. The maximum absolute atomic E-state index is 12.2. The monoisotopic (exact) mass is 340 g/mol. The van der Waals surface area contributed by atoms with Crippen molar-refractivity contribution in [2.24, 2.45) is 0 Å². The molecule has 1 aliphatic carbocycles. The van der Waals surface area contributed by atoms with E-state index in [0.29, 0.717) is 23.0 Å². The Morgan fingerprint density at radius 2 is 2.26 bits per heavy atom. The van der Waals surface area contributed by atoms with Crippen LogP contribution in [0.3, 0.4) is 0 Å². The van der Waals surface area contributed by atoms with Crippen LogP contribution in [0.1, 0.15) is 12.8 Å². The molecular weight excluding hydrogens is 332 g/mol. The van der Waals surface area contributed by atoms with Gasteiger partial charge in [-0.1, -0.05) is 0 Å². The van der Waals surface area contributed by atoms with Gasteiger partial charge in [-0.25, -0.2) is 13.4 Å². The molecule has 2 aromatic heterocycles. The summed E-state index contributed by atoms with van der Waals surface area (Å²) in [5, 5.41) is 8.96. The van der Waals surface area contributed by atoms with E-state index >= 15 is 0 Å². The molecule has 0 aromatic carbocycles. The number of pyridine rings is 1. The summed E-state index contributed by atoms with van der Waals surface area (Å²) >= 11 is 3.29. The second-order valence-corrected chi connectivity index (χ2v) is 7.02. The average Bonchev–Trinajstić information content (AvgIpc) is 2.95. The van der Waals surface area contributed by atoms with Gasteiger partial charge in [0.2, 0.25) is 10.0 Å². The predicted molar refractivity (Wildman–Crippen MR) is 70.8 cm³/mol. The third-order valence-electron chi connectivity index (χ3n) is 3.02. The van der Waals surface area contributed by atoms with Crippen molar-refractivity contribution in [3.63, 3.8) is 0 Å². The minimum Gasteiger partial charge on any atom is -0.305 e. The van der Waals surface area contributed by atoms with Gasteiger partial charge >= 0.3 is 0 Å². The summed E-state index contributed by atoms with van der Waals surface area (Å²) in [6, 6.07) is 3.49. The van der Waals surface area contributed by atoms with E-state index in [0.717, 1.165) is 0 Å². The fourth-order valence-corrected chi connectivity index (χ4v) is 3.90. The van der Waals surface area contributed by atoms with Crippen LogP contribution in [0.2, 0.25) is 0 Å². The summed E-state index contributed by atoms with van der Waals surface area (Å²) in [6.07, 6.45) is 5.83. The lowest BCUT2D eigenvalue weighted by atomic mass is 10.3. The summed E-state index contributed by atoms with van der Waals surface area (Å²) in [4.78, 5) is 4.20. The molecule has 0 unspecified atom stereocenters. The van der Waals surface area contributed by atoms with Crippen LogP contribution < -0.4 is 4.72 Å². The smallest absolute Gasteiger partial charge is 0.243 e. The normalized spacial score (nSPS) is 17.3. The molecule has 3 rings (SSSR count). The molecular formula is C11H9BrN4O2S. The third kappa shape index (κ3) is 2.14. The van der Waals surface area contributed by atoms with E-state index < -0.39 is 15.6 Å². The largest absolute Gasteiger partial charge is 0.305 e. The number of nitriles is 1. The first-order chi connectivity index (χ1) is 8.96. The lowest BCUT2D eigenvalue weighted by molar-refractivity contribution is 0.570. The molecule has 0 amide bonds. The standard InChI is InChI=1S/C11H9BrN4O2S/c12-9-5-8(6-16-4-3-14-10(9)16)19(17,18)15-11(7-13)1-2-11/h3-6,15H,1-2H2. The van der Waals surface area contributed by atoms with Gasteiger partial charge in [0.15, 0.2) is 5.65 Å². The van der Waals surface area contributed by atoms with E-state index in [1.54, 1.807) is 16.8 Å². The Morgan fingerprint density at radius 1 is 1.53 bits per heavy atom. The van der Waals surface area contributed by atoms with Crippen LogP contribution in [0.15, 0.2) is 34.0 Å². The summed E-state index contributed by atoms with van der Waals surface area (Å²) in [7, 11) is -3.71. The van der Waals surface area contributed by atoms with Crippen molar-refractivity contribution < 1.29 is 8.42 Å². The van der Waals surface area contributed by atoms with Gasteiger partial charge in [0.1, 0.15) is 5.54 Å². The first-order valence-corrected chi connectivity index (χ1v) is 7.81. The zero-order valence-corrected chi connectivity index (χ0v) is 12.1. The molecule has 0 bridgehead atoms. The van der Waals surface area contributed by atoms with E-state index in [1.807, 2.05) is 6.07 Å². The van der Waals surface area contributed by atoms with Crippen molar-refractivity contribution in [1.82, 2.24) is 14.1 Å². The molecule has 2 heterocycles. The molecule has 6 nitrogen and oxygen atoms in total. The highest BCUT2D eigenvalue weighted by Gasteiger charge is 2.46. The maximum atomic E-state index is 12.2. The Balaban J connectivity index is 2.06. The van der Waals surface area contributed by atoms with E-state index in [-0.39, 0.29) is 4.90 Å². The third-order valence-corrected chi connectivity index (χ3v) is 5.11. The number of fused-ring (bicyclic) bond motifs is 1. The topological polar surface area (TPSA) is 87.3 Å². The van der Waals surface area contributed by atoms with Crippen LogP contribution in [0.4, 0.5) is 0 Å². The summed E-state index contributed by atoms with van der Waals surface area (Å²) in [5.74, 6) is 0. The van der Waals surface area contributed by atoms with Gasteiger partial charge in [-0.2, -0.15) is 9.98 Å². The Hall–Kier alpha value is -1.43. The number of rotatable bonds is 3. The molecule has 1 saturated carbocycles. The van der Waals surface area contributed by atoms with Crippen LogP contribution in [0, 0.1) is 11.3 Å². The molecule has 0 saturated heterocycles. The van der Waals surface area contributed by atoms with Gasteiger partial charge in [-0.15, -0.1) is 0 Å². The molecule has 0 radical (unpaired) electrons. The van der Waals surface area contributed by atoms with Crippen molar-refractivity contribution >= 4 is 31.6 Å². The first-order valence-electron chi connectivity index (χ1n) is 5.53. The molecule has 0 aliphatic heterocycles. The minimum absolute atomic E-state index is 0.103. The second kappa shape index (κ2) is 4.03. The number of imidazole rings is 1. The van der Waals surface area contributed by atoms with E-state index in [4.69, 9.17) is 5.26 Å². The Morgan fingerprint density at radius 3 is 2.89 bits per heavy atom. The number of nitrogens with zero attached hydrogens (tertiary/aromatic N) is 3. The van der Waals surface area contributed by atoms with Crippen molar-refractivity contribution in [1.29, 1.82) is 5.26 Å². The van der Waals surface area contributed by atoms with Gasteiger partial charge in [0, 0.05) is 18.6 Å². The molecule has 8 heteroatoms. The number of hydrogen-bond acceptors (Lipinski definition) is 4. The molecule has 19 heavy (non-hydrogen) atoms. The van der Waals surface area contributed by atoms with Gasteiger partial charge in [-0.3, -0.25) is 0 Å². The van der Waals surface area contributed by atoms with Crippen LogP contribution in [0.5, 0.6) is 0 Å². The molecule has 2 aromatic rings. The van der Waals surface area contributed by atoms with Crippen LogP contribution in [-0.2, 0) is 10.0 Å². The SMILES string of the molecule is N#CC1(NS(=O)(=O)c2cc(Br)c3nccn3c2)CC1. The molecule has 1 aliphatic rings. The molecule has 0 atom stereocenters. The number of nitrogens with one attached hydrogen (secondary N) is 1. The number of sulfonamides is 1. The minimum atomic E-state index is -3.71. The zero-order valence-electron chi connectivity index (χ0n) is 9.67. The van der Waals surface area contributed by atoms with Crippen LogP contribution in [-0.4, -0.2) is 23.3 Å². The van der Waals surface area contributed by atoms with Crippen LogP contribution in [0.25, 0.3) is 5.65 Å². The number of halogens is 1. The van der Waals surface area contributed by atoms with Gasteiger partial charge in [-0.05, 0) is 34.8 Å². The highest BCUT2D eigenvalue weighted by atomic mass is 79.9. The molecule has 98 valence electrons. The van der Waals surface area contributed by atoms with Crippen LogP contribution >= 0.6 is 15.9 Å². The predicted octanol–water partition coefficient (Wildman–Crippen LogP) is 1.43. The van der Waals surface area contributed by atoms with E-state index in [1.165, 1.54) is 12.3 Å². The Bertz CT molecular complexity index is 802. The fraction of sp³-hybridized carbons (Fsp3) is 0.273. The first kappa shape index (κ1) is 12.6. The summed E-state index contributed by atoms with van der Waals surface area (Å²) in [6.45, 7) is 0. The maximum Gasteiger partial charge on any atom is 0.243 e. The molecule has 1 N–H and O–H groups in total.